The van der Waals surface area contributed by atoms with Crippen LogP contribution in [0.1, 0.15) is 31.1 Å². The number of halogens is 2. The van der Waals surface area contributed by atoms with Crippen molar-refractivity contribution in [1.29, 1.82) is 0 Å². The molecule has 0 unspecified atom stereocenters. The predicted octanol–water partition coefficient (Wildman–Crippen LogP) is 4.36. The second-order valence-corrected chi connectivity index (χ2v) is 6.56. The minimum atomic E-state index is -1.04. The van der Waals surface area contributed by atoms with Crippen LogP contribution in [0.4, 0.5) is 5.82 Å². The molecule has 2 rings (SSSR count). The smallest absolute Gasteiger partial charge is 0.338 e. The molecule has 0 bridgehead atoms. The van der Waals surface area contributed by atoms with Crippen molar-refractivity contribution in [1.82, 2.24) is 4.98 Å². The Labute approximate surface area is 161 Å². The van der Waals surface area contributed by atoms with Crippen molar-refractivity contribution in [2.75, 3.05) is 5.32 Å². The SMILES string of the molecule is CC(C)Oc1ccc(C(=O)O[C@H](C)C(=O)Nc2ncc(Cl)cc2Cl)cc1. The Hall–Kier alpha value is -2.31. The van der Waals surface area contributed by atoms with Gasteiger partial charge in [-0.05, 0) is 51.1 Å². The number of benzene rings is 1. The highest BCUT2D eigenvalue weighted by Gasteiger charge is 2.20. The molecule has 1 N–H and O–H groups in total. The number of hydrogen-bond donors (Lipinski definition) is 1. The molecule has 26 heavy (non-hydrogen) atoms. The second-order valence-electron chi connectivity index (χ2n) is 5.71. The normalized spacial score (nSPS) is 11.8. The average Bonchev–Trinajstić information content (AvgIpc) is 2.57. The molecule has 0 saturated carbocycles. The Kier molecular flexibility index (Phi) is 6.83. The lowest BCUT2D eigenvalue weighted by atomic mass is 10.2. The summed E-state index contributed by atoms with van der Waals surface area (Å²) >= 11 is 11.7. The van der Waals surface area contributed by atoms with Gasteiger partial charge in [0, 0.05) is 6.20 Å². The van der Waals surface area contributed by atoms with Gasteiger partial charge in [0.25, 0.3) is 5.91 Å². The Balaban J connectivity index is 1.96. The van der Waals surface area contributed by atoms with Gasteiger partial charge in [0.1, 0.15) is 5.75 Å². The number of aromatic nitrogens is 1. The van der Waals surface area contributed by atoms with E-state index in [-0.39, 0.29) is 16.9 Å². The van der Waals surface area contributed by atoms with Crippen LogP contribution in [0, 0.1) is 0 Å². The number of carbonyl (C=O) groups is 2. The number of amides is 1. The predicted molar refractivity (Wildman–Crippen MR) is 100.0 cm³/mol. The lowest BCUT2D eigenvalue weighted by molar-refractivity contribution is -0.123. The zero-order chi connectivity index (χ0) is 19.3. The molecule has 1 amide bonds. The molecule has 1 heterocycles. The number of anilines is 1. The van der Waals surface area contributed by atoms with Crippen molar-refractivity contribution in [3.63, 3.8) is 0 Å². The Morgan fingerprint density at radius 1 is 1.12 bits per heavy atom. The molecule has 0 aliphatic heterocycles. The van der Waals surface area contributed by atoms with Gasteiger partial charge in [-0.1, -0.05) is 23.2 Å². The molecule has 0 spiro atoms. The fraction of sp³-hybridized carbons (Fsp3) is 0.278. The van der Waals surface area contributed by atoms with Crippen molar-refractivity contribution in [2.24, 2.45) is 0 Å². The van der Waals surface area contributed by atoms with E-state index in [4.69, 9.17) is 32.7 Å². The van der Waals surface area contributed by atoms with E-state index in [2.05, 4.69) is 10.3 Å². The summed E-state index contributed by atoms with van der Waals surface area (Å²) in [7, 11) is 0. The fourth-order valence-electron chi connectivity index (χ4n) is 1.95. The van der Waals surface area contributed by atoms with Gasteiger partial charge in [0.15, 0.2) is 11.9 Å². The van der Waals surface area contributed by atoms with Crippen molar-refractivity contribution < 1.29 is 19.1 Å². The number of esters is 1. The van der Waals surface area contributed by atoms with Crippen LogP contribution in [0.25, 0.3) is 0 Å². The molecule has 138 valence electrons. The van der Waals surface area contributed by atoms with E-state index >= 15 is 0 Å². The minimum Gasteiger partial charge on any atom is -0.491 e. The standard InChI is InChI=1S/C18H18Cl2N2O4/c1-10(2)25-14-6-4-12(5-7-14)18(24)26-11(3)17(23)22-16-15(20)8-13(19)9-21-16/h4-11H,1-3H3,(H,21,22,23)/t11-/m1/s1. The lowest BCUT2D eigenvalue weighted by Gasteiger charge is -2.14. The molecular formula is C18H18Cl2N2O4. The van der Waals surface area contributed by atoms with Crippen LogP contribution in [0.15, 0.2) is 36.5 Å². The average molecular weight is 397 g/mol. The summed E-state index contributed by atoms with van der Waals surface area (Å²) in [6.45, 7) is 5.27. The molecule has 6 nitrogen and oxygen atoms in total. The highest BCUT2D eigenvalue weighted by atomic mass is 35.5. The number of rotatable bonds is 6. The van der Waals surface area contributed by atoms with Crippen LogP contribution in [0.5, 0.6) is 5.75 Å². The largest absolute Gasteiger partial charge is 0.491 e. The number of pyridine rings is 1. The van der Waals surface area contributed by atoms with E-state index < -0.39 is 18.0 Å². The number of ether oxygens (including phenoxy) is 2. The summed E-state index contributed by atoms with van der Waals surface area (Å²) in [4.78, 5) is 28.2. The van der Waals surface area contributed by atoms with E-state index in [1.54, 1.807) is 24.3 Å². The first-order valence-corrected chi connectivity index (χ1v) is 8.61. The van der Waals surface area contributed by atoms with Crippen molar-refractivity contribution in [3.05, 3.63) is 52.1 Å². The van der Waals surface area contributed by atoms with Gasteiger partial charge < -0.3 is 14.8 Å². The maximum absolute atomic E-state index is 12.2. The van der Waals surface area contributed by atoms with Gasteiger partial charge in [-0.2, -0.15) is 0 Å². The van der Waals surface area contributed by atoms with E-state index in [1.807, 2.05) is 13.8 Å². The molecule has 0 saturated heterocycles. The molecular weight excluding hydrogens is 379 g/mol. The third-order valence-corrected chi connectivity index (χ3v) is 3.66. The zero-order valence-electron chi connectivity index (χ0n) is 14.5. The highest BCUT2D eigenvalue weighted by Crippen LogP contribution is 2.23. The van der Waals surface area contributed by atoms with Crippen LogP contribution in [-0.2, 0) is 9.53 Å². The van der Waals surface area contributed by atoms with Gasteiger partial charge in [0.2, 0.25) is 0 Å². The lowest BCUT2D eigenvalue weighted by Crippen LogP contribution is -2.30. The van der Waals surface area contributed by atoms with Gasteiger partial charge in [-0.15, -0.1) is 0 Å². The van der Waals surface area contributed by atoms with Crippen molar-refractivity contribution in [2.45, 2.75) is 33.0 Å². The van der Waals surface area contributed by atoms with E-state index in [1.165, 1.54) is 19.2 Å². The molecule has 1 atom stereocenters. The Bertz CT molecular complexity index is 794. The summed E-state index contributed by atoms with van der Waals surface area (Å²) in [6, 6.07) is 7.92. The van der Waals surface area contributed by atoms with Crippen molar-refractivity contribution >= 4 is 40.9 Å². The first-order valence-electron chi connectivity index (χ1n) is 7.86. The highest BCUT2D eigenvalue weighted by molar-refractivity contribution is 6.36. The van der Waals surface area contributed by atoms with E-state index in [9.17, 15) is 9.59 Å². The first-order chi connectivity index (χ1) is 12.3. The van der Waals surface area contributed by atoms with Gasteiger partial charge in [0.05, 0.1) is 21.7 Å². The van der Waals surface area contributed by atoms with Crippen LogP contribution < -0.4 is 10.1 Å². The summed E-state index contributed by atoms with van der Waals surface area (Å²) in [5.41, 5.74) is 0.309. The summed E-state index contributed by atoms with van der Waals surface area (Å²) in [5.74, 6) is -0.404. The second kappa shape index (κ2) is 8.87. The molecule has 0 aliphatic rings. The van der Waals surface area contributed by atoms with Crippen LogP contribution in [-0.4, -0.2) is 29.1 Å². The third kappa shape index (κ3) is 5.61. The molecule has 1 aromatic carbocycles. The maximum atomic E-state index is 12.2. The summed E-state index contributed by atoms with van der Waals surface area (Å²) in [5, 5.41) is 3.02. The fourth-order valence-corrected chi connectivity index (χ4v) is 2.38. The molecule has 0 aliphatic carbocycles. The molecule has 1 aromatic heterocycles. The number of nitrogens with zero attached hydrogens (tertiary/aromatic N) is 1. The quantitative estimate of drug-likeness (QED) is 0.733. The Morgan fingerprint density at radius 3 is 2.35 bits per heavy atom. The molecule has 0 fully saturated rings. The van der Waals surface area contributed by atoms with Crippen LogP contribution in [0.2, 0.25) is 10.0 Å². The molecule has 8 heteroatoms. The van der Waals surface area contributed by atoms with Gasteiger partial charge >= 0.3 is 5.97 Å². The van der Waals surface area contributed by atoms with Gasteiger partial charge in [-0.25, -0.2) is 9.78 Å². The Morgan fingerprint density at radius 2 is 1.77 bits per heavy atom. The number of nitrogens with one attached hydrogen (secondary N) is 1. The van der Waals surface area contributed by atoms with Gasteiger partial charge in [-0.3, -0.25) is 4.79 Å². The third-order valence-electron chi connectivity index (χ3n) is 3.16. The first kappa shape index (κ1) is 20.0. The molecule has 0 radical (unpaired) electrons. The van der Waals surface area contributed by atoms with E-state index in [0.717, 1.165) is 0 Å². The van der Waals surface area contributed by atoms with Crippen LogP contribution >= 0.6 is 23.2 Å². The monoisotopic (exact) mass is 396 g/mol. The summed E-state index contributed by atoms with van der Waals surface area (Å²) in [6.07, 6.45) is 0.341. The van der Waals surface area contributed by atoms with Crippen molar-refractivity contribution in [3.8, 4) is 5.75 Å². The number of carbonyl (C=O) groups excluding carboxylic acids is 2. The summed E-state index contributed by atoms with van der Waals surface area (Å²) < 4.78 is 10.7. The molecule has 2 aromatic rings. The number of hydrogen-bond acceptors (Lipinski definition) is 5. The minimum absolute atomic E-state index is 0.0322. The maximum Gasteiger partial charge on any atom is 0.338 e. The zero-order valence-corrected chi connectivity index (χ0v) is 16.0. The van der Waals surface area contributed by atoms with Crippen LogP contribution in [0.3, 0.4) is 0 Å². The topological polar surface area (TPSA) is 77.5 Å². The van der Waals surface area contributed by atoms with E-state index in [0.29, 0.717) is 16.3 Å².